The summed E-state index contributed by atoms with van der Waals surface area (Å²) in [7, 11) is 1.96. The van der Waals surface area contributed by atoms with Crippen molar-refractivity contribution in [2.45, 2.75) is 17.2 Å². The highest BCUT2D eigenvalue weighted by Gasteiger charge is 2.01. The summed E-state index contributed by atoms with van der Waals surface area (Å²) in [6.07, 6.45) is 1.96. The van der Waals surface area contributed by atoms with Crippen molar-refractivity contribution < 1.29 is 0 Å². The van der Waals surface area contributed by atoms with Gasteiger partial charge in [-0.05, 0) is 19.2 Å². The van der Waals surface area contributed by atoms with Gasteiger partial charge in [0.25, 0.3) is 0 Å². The van der Waals surface area contributed by atoms with Crippen LogP contribution in [-0.4, -0.2) is 12.0 Å². The Hall–Kier alpha value is -0.840. The Morgan fingerprint density at radius 3 is 2.88 bits per heavy atom. The number of hydrogen-bond donors (Lipinski definition) is 1. The van der Waals surface area contributed by atoms with Crippen molar-refractivity contribution in [2.75, 3.05) is 7.05 Å². The van der Waals surface area contributed by atoms with Crippen LogP contribution in [0, 0.1) is 0 Å². The van der Waals surface area contributed by atoms with Crippen LogP contribution < -0.4 is 5.32 Å². The minimum absolute atomic E-state index is 0.910. The largest absolute Gasteiger partial charge is 0.315 e. The van der Waals surface area contributed by atoms with E-state index in [-0.39, 0.29) is 0 Å². The molecule has 0 unspecified atom stereocenters. The molecule has 2 rings (SSSR count). The summed E-state index contributed by atoms with van der Waals surface area (Å²) in [6.45, 7) is 0.910. The molecule has 0 radical (unpaired) electrons. The lowest BCUT2D eigenvalue weighted by Gasteiger charge is -1.97. The Balaban J connectivity index is 1.89. The molecular formula is C12H14N2S2. The molecule has 1 aromatic heterocycles. The molecule has 1 aromatic carbocycles. The van der Waals surface area contributed by atoms with Gasteiger partial charge in [0.15, 0.2) is 0 Å². The molecule has 0 saturated heterocycles. The Morgan fingerprint density at radius 1 is 1.31 bits per heavy atom. The lowest BCUT2D eigenvalue weighted by molar-refractivity contribution is 0.829. The van der Waals surface area contributed by atoms with Crippen molar-refractivity contribution in [1.29, 1.82) is 0 Å². The van der Waals surface area contributed by atoms with E-state index in [0.29, 0.717) is 0 Å². The van der Waals surface area contributed by atoms with Crippen LogP contribution in [0.1, 0.15) is 9.88 Å². The topological polar surface area (TPSA) is 24.9 Å². The Kier molecular flexibility index (Phi) is 4.39. The smallest absolute Gasteiger partial charge is 0.103 e. The van der Waals surface area contributed by atoms with Gasteiger partial charge in [0, 0.05) is 22.5 Å². The zero-order chi connectivity index (χ0) is 11.2. The summed E-state index contributed by atoms with van der Waals surface area (Å²) < 4.78 is 0. The number of thioether (sulfide) groups is 1. The molecule has 16 heavy (non-hydrogen) atoms. The lowest BCUT2D eigenvalue weighted by Crippen LogP contribution is -2.02. The van der Waals surface area contributed by atoms with Gasteiger partial charge in [-0.3, -0.25) is 0 Å². The Labute approximate surface area is 104 Å². The van der Waals surface area contributed by atoms with Crippen molar-refractivity contribution in [1.82, 2.24) is 10.3 Å². The second-order valence-electron chi connectivity index (χ2n) is 3.35. The molecule has 4 heteroatoms. The van der Waals surface area contributed by atoms with Crippen LogP contribution in [-0.2, 0) is 12.3 Å². The Bertz CT molecular complexity index is 426. The maximum absolute atomic E-state index is 4.41. The third-order valence-electron chi connectivity index (χ3n) is 2.06. The molecule has 1 heterocycles. The average molecular weight is 250 g/mol. The summed E-state index contributed by atoms with van der Waals surface area (Å²) in [5.41, 5.74) is 0. The van der Waals surface area contributed by atoms with E-state index < -0.39 is 0 Å². The standard InChI is InChI=1S/C12H14N2S2/c1-13-7-11-8-14-12(16-11)9-15-10-5-3-2-4-6-10/h2-6,8,13H,7,9H2,1H3. The monoisotopic (exact) mass is 250 g/mol. The highest BCUT2D eigenvalue weighted by Crippen LogP contribution is 2.24. The maximum Gasteiger partial charge on any atom is 0.103 e. The van der Waals surface area contributed by atoms with Crippen molar-refractivity contribution in [3.8, 4) is 0 Å². The quantitative estimate of drug-likeness (QED) is 0.825. The average Bonchev–Trinajstić information content (AvgIpc) is 2.76. The first-order chi connectivity index (χ1) is 7.88. The molecule has 0 aliphatic heterocycles. The van der Waals surface area contributed by atoms with Gasteiger partial charge < -0.3 is 5.32 Å². The second-order valence-corrected chi connectivity index (χ2v) is 5.60. The number of rotatable bonds is 5. The van der Waals surface area contributed by atoms with E-state index in [1.165, 1.54) is 14.8 Å². The van der Waals surface area contributed by atoms with E-state index in [9.17, 15) is 0 Å². The van der Waals surface area contributed by atoms with Crippen LogP contribution in [0.25, 0.3) is 0 Å². The first-order valence-corrected chi connectivity index (χ1v) is 6.94. The van der Waals surface area contributed by atoms with Crippen molar-refractivity contribution in [2.24, 2.45) is 0 Å². The van der Waals surface area contributed by atoms with Crippen LogP contribution in [0.3, 0.4) is 0 Å². The molecule has 0 bridgehead atoms. The maximum atomic E-state index is 4.41. The van der Waals surface area contributed by atoms with Crippen LogP contribution >= 0.6 is 23.1 Å². The summed E-state index contributed by atoms with van der Waals surface area (Å²) in [5.74, 6) is 0.957. The van der Waals surface area contributed by atoms with Crippen molar-refractivity contribution in [3.63, 3.8) is 0 Å². The summed E-state index contributed by atoms with van der Waals surface area (Å²) >= 11 is 3.61. The number of nitrogens with one attached hydrogen (secondary N) is 1. The van der Waals surface area contributed by atoms with Gasteiger partial charge in [-0.1, -0.05) is 18.2 Å². The van der Waals surface area contributed by atoms with Gasteiger partial charge in [-0.2, -0.15) is 0 Å². The van der Waals surface area contributed by atoms with Crippen LogP contribution in [0.2, 0.25) is 0 Å². The van der Waals surface area contributed by atoms with E-state index in [4.69, 9.17) is 0 Å². The molecule has 0 atom stereocenters. The third-order valence-corrected chi connectivity index (χ3v) is 4.26. The molecule has 0 aliphatic carbocycles. The fourth-order valence-electron chi connectivity index (χ4n) is 1.33. The normalized spacial score (nSPS) is 10.6. The van der Waals surface area contributed by atoms with Gasteiger partial charge in [-0.25, -0.2) is 4.98 Å². The number of benzene rings is 1. The first kappa shape index (κ1) is 11.6. The van der Waals surface area contributed by atoms with Crippen LogP contribution in [0.4, 0.5) is 0 Å². The summed E-state index contributed by atoms with van der Waals surface area (Å²) in [4.78, 5) is 7.00. The third kappa shape index (κ3) is 3.33. The van der Waals surface area contributed by atoms with Crippen molar-refractivity contribution >= 4 is 23.1 Å². The zero-order valence-electron chi connectivity index (χ0n) is 9.14. The van der Waals surface area contributed by atoms with E-state index >= 15 is 0 Å². The van der Waals surface area contributed by atoms with Gasteiger partial charge in [0.2, 0.25) is 0 Å². The molecule has 0 fully saturated rings. The summed E-state index contributed by atoms with van der Waals surface area (Å²) in [6, 6.07) is 10.4. The fourth-order valence-corrected chi connectivity index (χ4v) is 3.19. The molecule has 0 spiro atoms. The molecule has 84 valence electrons. The highest BCUT2D eigenvalue weighted by molar-refractivity contribution is 7.98. The lowest BCUT2D eigenvalue weighted by atomic mass is 10.4. The predicted octanol–water partition coefficient (Wildman–Crippen LogP) is 3.15. The van der Waals surface area contributed by atoms with E-state index in [1.54, 1.807) is 11.3 Å². The molecule has 2 nitrogen and oxygen atoms in total. The fraction of sp³-hybridized carbons (Fsp3) is 0.250. The molecule has 0 amide bonds. The molecule has 2 aromatic rings. The Morgan fingerprint density at radius 2 is 2.12 bits per heavy atom. The number of hydrogen-bond acceptors (Lipinski definition) is 4. The van der Waals surface area contributed by atoms with Crippen molar-refractivity contribution in [3.05, 3.63) is 46.4 Å². The van der Waals surface area contributed by atoms with E-state index in [2.05, 4.69) is 34.6 Å². The van der Waals surface area contributed by atoms with Crippen LogP contribution in [0.5, 0.6) is 0 Å². The second kappa shape index (κ2) is 6.03. The number of aromatic nitrogens is 1. The molecule has 1 N–H and O–H groups in total. The van der Waals surface area contributed by atoms with E-state index in [1.807, 2.05) is 31.1 Å². The number of thiazole rings is 1. The van der Waals surface area contributed by atoms with Gasteiger partial charge in [0.1, 0.15) is 5.01 Å². The van der Waals surface area contributed by atoms with Gasteiger partial charge in [0.05, 0.1) is 5.75 Å². The van der Waals surface area contributed by atoms with E-state index in [0.717, 1.165) is 12.3 Å². The first-order valence-electron chi connectivity index (χ1n) is 5.14. The zero-order valence-corrected chi connectivity index (χ0v) is 10.8. The molecule has 0 aliphatic rings. The minimum atomic E-state index is 0.910. The SMILES string of the molecule is CNCc1cnc(CSc2ccccc2)s1. The molecular weight excluding hydrogens is 236 g/mol. The van der Waals surface area contributed by atoms with Crippen LogP contribution in [0.15, 0.2) is 41.4 Å². The summed E-state index contributed by atoms with van der Waals surface area (Å²) in [5, 5.41) is 4.33. The van der Waals surface area contributed by atoms with Gasteiger partial charge in [-0.15, -0.1) is 23.1 Å². The van der Waals surface area contributed by atoms with Gasteiger partial charge >= 0.3 is 0 Å². The number of nitrogens with zero attached hydrogens (tertiary/aromatic N) is 1. The minimum Gasteiger partial charge on any atom is -0.315 e. The predicted molar refractivity (Wildman–Crippen MR) is 70.9 cm³/mol. The molecule has 0 saturated carbocycles. The highest BCUT2D eigenvalue weighted by atomic mass is 32.2.